The first-order valence-corrected chi connectivity index (χ1v) is 10.2. The van der Waals surface area contributed by atoms with Crippen LogP contribution in [0, 0.1) is 5.82 Å². The molecule has 1 heterocycles. The lowest BCUT2D eigenvalue weighted by molar-refractivity contribution is 0.0514. The number of ether oxygens (including phenoxy) is 1. The number of hydrogen-bond acceptors (Lipinski definition) is 5. The van der Waals surface area contributed by atoms with Crippen LogP contribution in [0.25, 0.3) is 0 Å². The summed E-state index contributed by atoms with van der Waals surface area (Å²) >= 11 is 1.34. The molecule has 0 aliphatic carbocycles. The first-order chi connectivity index (χ1) is 14.0. The fourth-order valence-corrected chi connectivity index (χ4v) is 3.36. The van der Waals surface area contributed by atoms with Gasteiger partial charge < -0.3 is 14.6 Å². The monoisotopic (exact) mass is 413 g/mol. The molecule has 1 amide bonds. The van der Waals surface area contributed by atoms with Crippen molar-refractivity contribution in [3.63, 3.8) is 0 Å². The van der Waals surface area contributed by atoms with E-state index in [4.69, 9.17) is 4.74 Å². The Morgan fingerprint density at radius 1 is 1.17 bits per heavy atom. The summed E-state index contributed by atoms with van der Waals surface area (Å²) in [6.07, 6.45) is 1.83. The molecule has 0 atom stereocenters. The number of amides is 1. The quantitative estimate of drug-likeness (QED) is 0.464. The Kier molecular flexibility index (Phi) is 6.66. The maximum Gasteiger partial charge on any atom is 0.358 e. The summed E-state index contributed by atoms with van der Waals surface area (Å²) in [6.45, 7) is 2.27. The second kappa shape index (κ2) is 9.38. The maximum absolute atomic E-state index is 13.5. The summed E-state index contributed by atoms with van der Waals surface area (Å²) in [6, 6.07) is 14.9. The van der Waals surface area contributed by atoms with Crippen LogP contribution in [0.4, 0.5) is 10.2 Å². The zero-order valence-electron chi connectivity index (χ0n) is 16.0. The van der Waals surface area contributed by atoms with Gasteiger partial charge in [0.1, 0.15) is 5.82 Å². The number of aromatic nitrogens is 2. The van der Waals surface area contributed by atoms with Crippen LogP contribution in [0.2, 0.25) is 0 Å². The largest absolute Gasteiger partial charge is 0.461 e. The number of imidazole rings is 1. The van der Waals surface area contributed by atoms with Crippen molar-refractivity contribution in [3.05, 3.63) is 77.2 Å². The number of esters is 1. The molecule has 0 unspecified atom stereocenters. The Morgan fingerprint density at radius 3 is 2.59 bits per heavy atom. The summed E-state index contributed by atoms with van der Waals surface area (Å²) in [4.78, 5) is 29.7. The summed E-state index contributed by atoms with van der Waals surface area (Å²) in [5.74, 6) is -1.60. The molecule has 0 bridgehead atoms. The molecule has 1 aromatic heterocycles. The van der Waals surface area contributed by atoms with Gasteiger partial charge in [-0.3, -0.25) is 4.79 Å². The second-order valence-corrected chi connectivity index (χ2v) is 6.83. The third kappa shape index (κ3) is 4.83. The molecule has 0 spiro atoms. The van der Waals surface area contributed by atoms with Crippen LogP contribution < -0.4 is 5.32 Å². The molecular weight excluding hydrogens is 393 g/mol. The topological polar surface area (TPSA) is 73.2 Å². The lowest BCUT2D eigenvalue weighted by atomic mass is 10.2. The highest BCUT2D eigenvalue weighted by Crippen LogP contribution is 2.26. The van der Waals surface area contributed by atoms with Crippen LogP contribution >= 0.6 is 11.8 Å². The molecule has 1 N–H and O–H groups in total. The lowest BCUT2D eigenvalue weighted by Crippen LogP contribution is -2.18. The van der Waals surface area contributed by atoms with Crippen molar-refractivity contribution in [1.29, 1.82) is 0 Å². The molecule has 0 saturated carbocycles. The fraction of sp³-hybridized carbons (Fsp3) is 0.190. The Labute approximate surface area is 172 Å². The van der Waals surface area contributed by atoms with E-state index in [0.29, 0.717) is 11.7 Å². The Hall–Kier alpha value is -3.13. The SMILES string of the molecule is CCOC(=O)c1c(NC(=O)c2cccc(F)c2)nc(SC)n1Cc1ccccc1. The third-order valence-corrected chi connectivity index (χ3v) is 4.76. The van der Waals surface area contributed by atoms with Crippen molar-refractivity contribution in [2.24, 2.45) is 0 Å². The molecule has 150 valence electrons. The minimum Gasteiger partial charge on any atom is -0.461 e. The highest BCUT2D eigenvalue weighted by atomic mass is 32.2. The van der Waals surface area contributed by atoms with Gasteiger partial charge in [0, 0.05) is 5.56 Å². The van der Waals surface area contributed by atoms with Gasteiger partial charge in [0.15, 0.2) is 16.7 Å². The van der Waals surface area contributed by atoms with E-state index >= 15 is 0 Å². The minimum atomic E-state index is -0.592. The zero-order valence-corrected chi connectivity index (χ0v) is 16.8. The molecule has 0 aliphatic heterocycles. The Morgan fingerprint density at radius 2 is 1.93 bits per heavy atom. The molecule has 3 rings (SSSR count). The number of carbonyl (C=O) groups excluding carboxylic acids is 2. The average molecular weight is 413 g/mol. The van der Waals surface area contributed by atoms with Gasteiger partial charge in [-0.15, -0.1) is 0 Å². The first-order valence-electron chi connectivity index (χ1n) is 8.96. The number of thioether (sulfide) groups is 1. The van der Waals surface area contributed by atoms with E-state index in [-0.39, 0.29) is 23.7 Å². The van der Waals surface area contributed by atoms with Gasteiger partial charge in [-0.25, -0.2) is 14.2 Å². The van der Waals surface area contributed by atoms with E-state index in [1.165, 1.54) is 30.0 Å². The van der Waals surface area contributed by atoms with Crippen LogP contribution in [0.1, 0.15) is 33.3 Å². The predicted octanol–water partition coefficient (Wildman–Crippen LogP) is 4.22. The number of anilines is 1. The van der Waals surface area contributed by atoms with Gasteiger partial charge in [-0.1, -0.05) is 48.2 Å². The average Bonchev–Trinajstić information content (AvgIpc) is 3.05. The van der Waals surface area contributed by atoms with Crippen LogP contribution in [-0.2, 0) is 11.3 Å². The number of benzene rings is 2. The lowest BCUT2D eigenvalue weighted by Gasteiger charge is -2.11. The number of hydrogen-bond donors (Lipinski definition) is 1. The van der Waals surface area contributed by atoms with Gasteiger partial charge in [0.25, 0.3) is 5.91 Å². The molecule has 0 saturated heterocycles. The standard InChI is InChI=1S/C21H20FN3O3S/c1-3-28-20(27)17-18(23-19(26)15-10-7-11-16(22)12-15)24-21(29-2)25(17)13-14-8-5-4-6-9-14/h4-12H,3,13H2,1-2H3,(H,23,26). The molecule has 8 heteroatoms. The van der Waals surface area contributed by atoms with Crippen LogP contribution in [0.3, 0.4) is 0 Å². The van der Waals surface area contributed by atoms with E-state index < -0.39 is 17.7 Å². The van der Waals surface area contributed by atoms with Crippen LogP contribution in [-0.4, -0.2) is 34.3 Å². The van der Waals surface area contributed by atoms with Crippen LogP contribution in [0.5, 0.6) is 0 Å². The van der Waals surface area contributed by atoms with Gasteiger partial charge in [0.05, 0.1) is 13.2 Å². The Balaban J connectivity index is 2.01. The zero-order chi connectivity index (χ0) is 20.8. The maximum atomic E-state index is 13.5. The molecule has 6 nitrogen and oxygen atoms in total. The third-order valence-electron chi connectivity index (χ3n) is 4.09. The number of nitrogens with one attached hydrogen (secondary N) is 1. The normalized spacial score (nSPS) is 10.6. The molecule has 29 heavy (non-hydrogen) atoms. The molecule has 0 aliphatic rings. The van der Waals surface area contributed by atoms with E-state index in [1.807, 2.05) is 36.6 Å². The molecule has 3 aromatic rings. The summed E-state index contributed by atoms with van der Waals surface area (Å²) in [5, 5.41) is 3.17. The molecule has 0 radical (unpaired) electrons. The minimum absolute atomic E-state index is 0.0815. The highest BCUT2D eigenvalue weighted by molar-refractivity contribution is 7.98. The van der Waals surface area contributed by atoms with Gasteiger partial charge in [-0.05, 0) is 36.9 Å². The second-order valence-electron chi connectivity index (χ2n) is 6.05. The van der Waals surface area contributed by atoms with Gasteiger partial charge in [-0.2, -0.15) is 0 Å². The summed E-state index contributed by atoms with van der Waals surface area (Å²) in [5.41, 5.74) is 1.24. The van der Waals surface area contributed by atoms with Crippen molar-refractivity contribution < 1.29 is 18.7 Å². The molecule has 2 aromatic carbocycles. The van der Waals surface area contributed by atoms with E-state index in [0.717, 1.165) is 11.6 Å². The summed E-state index contributed by atoms with van der Waals surface area (Å²) in [7, 11) is 0. The van der Waals surface area contributed by atoms with E-state index in [2.05, 4.69) is 10.3 Å². The summed E-state index contributed by atoms with van der Waals surface area (Å²) < 4.78 is 20.4. The van der Waals surface area contributed by atoms with Crippen molar-refractivity contribution >= 4 is 29.5 Å². The van der Waals surface area contributed by atoms with Crippen LogP contribution in [0.15, 0.2) is 59.8 Å². The predicted molar refractivity (Wildman–Crippen MR) is 110 cm³/mol. The number of halogens is 1. The smallest absolute Gasteiger partial charge is 0.358 e. The van der Waals surface area contributed by atoms with Gasteiger partial charge >= 0.3 is 5.97 Å². The van der Waals surface area contributed by atoms with Crippen molar-refractivity contribution in [1.82, 2.24) is 9.55 Å². The number of carbonyl (C=O) groups is 2. The van der Waals surface area contributed by atoms with E-state index in [9.17, 15) is 14.0 Å². The van der Waals surface area contributed by atoms with Gasteiger partial charge in [0.2, 0.25) is 0 Å². The number of nitrogens with zero attached hydrogens (tertiary/aromatic N) is 2. The molecule has 0 fully saturated rings. The van der Waals surface area contributed by atoms with Crippen molar-refractivity contribution in [2.75, 3.05) is 18.2 Å². The fourth-order valence-electron chi connectivity index (χ4n) is 2.80. The van der Waals surface area contributed by atoms with Crippen molar-refractivity contribution in [2.45, 2.75) is 18.6 Å². The van der Waals surface area contributed by atoms with Crippen molar-refractivity contribution in [3.8, 4) is 0 Å². The number of rotatable bonds is 7. The van der Waals surface area contributed by atoms with E-state index in [1.54, 1.807) is 11.5 Å². The first kappa shape index (κ1) is 20.6. The molecular formula is C21H20FN3O3S. The highest BCUT2D eigenvalue weighted by Gasteiger charge is 2.26. The Bertz CT molecular complexity index is 1020.